The summed E-state index contributed by atoms with van der Waals surface area (Å²) in [7, 11) is 0. The van der Waals surface area contributed by atoms with E-state index in [2.05, 4.69) is 6.58 Å². The Bertz CT molecular complexity index is 537. The predicted molar refractivity (Wildman–Crippen MR) is 56.8 cm³/mol. The smallest absolute Gasteiger partial charge is 0.354 e. The summed E-state index contributed by atoms with van der Waals surface area (Å²) in [5.74, 6) is -1.42. The number of carboxylic acids is 1. The summed E-state index contributed by atoms with van der Waals surface area (Å²) in [4.78, 5) is 30.2. The summed E-state index contributed by atoms with van der Waals surface area (Å²) in [6.07, 6.45) is 0.911. The third-order valence-corrected chi connectivity index (χ3v) is 2.01. The van der Waals surface area contributed by atoms with E-state index in [0.29, 0.717) is 0 Å². The average molecular weight is 238 g/mol. The molecule has 0 spiro atoms. The molecule has 8 nitrogen and oxygen atoms in total. The molecule has 0 fully saturated rings. The van der Waals surface area contributed by atoms with Crippen LogP contribution in [0.4, 0.5) is 11.4 Å². The molecule has 0 radical (unpaired) electrons. The first-order chi connectivity index (χ1) is 7.90. The number of nitro groups is 2. The Morgan fingerprint density at radius 2 is 1.88 bits per heavy atom. The van der Waals surface area contributed by atoms with Gasteiger partial charge in [-0.3, -0.25) is 20.2 Å². The van der Waals surface area contributed by atoms with Crippen LogP contribution < -0.4 is 0 Å². The van der Waals surface area contributed by atoms with Gasteiger partial charge in [0.05, 0.1) is 21.0 Å². The maximum atomic E-state index is 10.8. The molecule has 0 heterocycles. The highest BCUT2D eigenvalue weighted by Crippen LogP contribution is 2.33. The van der Waals surface area contributed by atoms with Crippen LogP contribution in [0.15, 0.2) is 18.7 Å². The van der Waals surface area contributed by atoms with E-state index in [9.17, 15) is 25.0 Å². The van der Waals surface area contributed by atoms with Gasteiger partial charge < -0.3 is 5.11 Å². The van der Waals surface area contributed by atoms with Crippen LogP contribution in [0.25, 0.3) is 6.08 Å². The zero-order valence-corrected chi connectivity index (χ0v) is 8.32. The fraction of sp³-hybridized carbons (Fsp3) is 0. The lowest BCUT2D eigenvalue weighted by Gasteiger charge is -2.02. The van der Waals surface area contributed by atoms with Gasteiger partial charge in [-0.1, -0.05) is 12.7 Å². The summed E-state index contributed by atoms with van der Waals surface area (Å²) in [5, 5.41) is 30.1. The quantitative estimate of drug-likeness (QED) is 0.630. The number of rotatable bonds is 4. The van der Waals surface area contributed by atoms with E-state index >= 15 is 0 Å². The van der Waals surface area contributed by atoms with Crippen LogP contribution in [0.3, 0.4) is 0 Å². The van der Waals surface area contributed by atoms with Crippen molar-refractivity contribution in [3.63, 3.8) is 0 Å². The SMILES string of the molecule is C=Cc1c(C(=O)O)ccc([N+](=O)[O-])c1[N+](=O)[O-]. The van der Waals surface area contributed by atoms with Crippen molar-refractivity contribution in [2.24, 2.45) is 0 Å². The van der Waals surface area contributed by atoms with Crippen molar-refractivity contribution >= 4 is 23.4 Å². The van der Waals surface area contributed by atoms with E-state index < -0.39 is 32.8 Å². The minimum atomic E-state index is -1.42. The average Bonchev–Trinajstić information content (AvgIpc) is 2.26. The Morgan fingerprint density at radius 3 is 2.24 bits per heavy atom. The minimum Gasteiger partial charge on any atom is -0.478 e. The molecule has 8 heteroatoms. The first-order valence-electron chi connectivity index (χ1n) is 4.21. The van der Waals surface area contributed by atoms with Gasteiger partial charge in [-0.25, -0.2) is 4.79 Å². The summed E-state index contributed by atoms with van der Waals surface area (Å²) in [6, 6.07) is 1.72. The Morgan fingerprint density at radius 1 is 1.29 bits per heavy atom. The molecule has 0 bridgehead atoms. The highest BCUT2D eigenvalue weighted by atomic mass is 16.6. The van der Waals surface area contributed by atoms with Crippen molar-refractivity contribution in [3.05, 3.63) is 50.1 Å². The molecule has 1 aromatic carbocycles. The van der Waals surface area contributed by atoms with Crippen molar-refractivity contribution in [2.45, 2.75) is 0 Å². The van der Waals surface area contributed by atoms with Crippen LogP contribution in [-0.4, -0.2) is 20.9 Å². The lowest BCUT2D eigenvalue weighted by Crippen LogP contribution is -2.05. The van der Waals surface area contributed by atoms with Crippen LogP contribution in [0.5, 0.6) is 0 Å². The molecule has 0 aromatic heterocycles. The number of hydrogen-bond acceptors (Lipinski definition) is 5. The number of nitrogens with zero attached hydrogens (tertiary/aromatic N) is 2. The Labute approximate surface area is 94.1 Å². The van der Waals surface area contributed by atoms with Crippen molar-refractivity contribution < 1.29 is 19.7 Å². The molecule has 0 amide bonds. The van der Waals surface area contributed by atoms with E-state index in [1.165, 1.54) is 0 Å². The van der Waals surface area contributed by atoms with Crippen molar-refractivity contribution in [3.8, 4) is 0 Å². The van der Waals surface area contributed by atoms with Crippen LogP contribution in [-0.2, 0) is 0 Å². The Kier molecular flexibility index (Phi) is 3.18. The van der Waals surface area contributed by atoms with Gasteiger partial charge in [-0.15, -0.1) is 0 Å². The summed E-state index contributed by atoms with van der Waals surface area (Å²) in [5.41, 5.74) is -2.42. The van der Waals surface area contributed by atoms with E-state index in [4.69, 9.17) is 5.11 Å². The van der Waals surface area contributed by atoms with Crippen molar-refractivity contribution in [1.82, 2.24) is 0 Å². The lowest BCUT2D eigenvalue weighted by molar-refractivity contribution is -0.422. The van der Waals surface area contributed by atoms with Gasteiger partial charge in [0.2, 0.25) is 0 Å². The molecular weight excluding hydrogens is 232 g/mol. The first-order valence-corrected chi connectivity index (χ1v) is 4.21. The molecular formula is C9H6N2O6. The van der Waals surface area contributed by atoms with Crippen molar-refractivity contribution in [1.29, 1.82) is 0 Å². The molecule has 0 aliphatic carbocycles. The molecule has 88 valence electrons. The van der Waals surface area contributed by atoms with Crippen LogP contribution >= 0.6 is 0 Å². The number of benzene rings is 1. The molecule has 0 aliphatic heterocycles. The normalized spacial score (nSPS) is 9.65. The number of aromatic carboxylic acids is 1. The van der Waals surface area contributed by atoms with Gasteiger partial charge in [0.25, 0.3) is 0 Å². The monoisotopic (exact) mass is 238 g/mol. The van der Waals surface area contributed by atoms with Crippen LogP contribution in [0.2, 0.25) is 0 Å². The molecule has 1 N–H and O–H groups in total. The maximum absolute atomic E-state index is 10.8. The Balaban J connectivity index is 3.73. The fourth-order valence-electron chi connectivity index (χ4n) is 1.33. The molecule has 0 atom stereocenters. The van der Waals surface area contributed by atoms with Gasteiger partial charge >= 0.3 is 17.3 Å². The largest absolute Gasteiger partial charge is 0.478 e. The van der Waals surface area contributed by atoms with Gasteiger partial charge in [0.15, 0.2) is 0 Å². The second-order valence-electron chi connectivity index (χ2n) is 2.92. The second-order valence-corrected chi connectivity index (χ2v) is 2.92. The number of nitro benzene ring substituents is 2. The number of carbonyl (C=O) groups is 1. The zero-order chi connectivity index (χ0) is 13.2. The molecule has 0 unspecified atom stereocenters. The zero-order valence-electron chi connectivity index (χ0n) is 8.32. The topological polar surface area (TPSA) is 124 Å². The number of carboxylic acid groups (broad SMARTS) is 1. The van der Waals surface area contributed by atoms with Gasteiger partial charge in [0.1, 0.15) is 0 Å². The highest BCUT2D eigenvalue weighted by molar-refractivity contribution is 5.95. The molecule has 1 aromatic rings. The fourth-order valence-corrected chi connectivity index (χ4v) is 1.33. The van der Waals surface area contributed by atoms with E-state index in [-0.39, 0.29) is 5.56 Å². The minimum absolute atomic E-state index is 0.378. The van der Waals surface area contributed by atoms with Gasteiger partial charge in [-0.05, 0) is 6.07 Å². The number of hydrogen-bond donors (Lipinski definition) is 1. The standard InChI is InChI=1S/C9H6N2O6/c1-2-5-6(9(12)13)3-4-7(10(14)15)8(5)11(16)17/h2-4H,1H2,(H,12,13). The molecule has 0 saturated heterocycles. The van der Waals surface area contributed by atoms with Crippen molar-refractivity contribution in [2.75, 3.05) is 0 Å². The van der Waals surface area contributed by atoms with E-state index in [0.717, 1.165) is 18.2 Å². The Hall–Kier alpha value is -2.77. The van der Waals surface area contributed by atoms with Gasteiger partial charge in [-0.2, -0.15) is 0 Å². The maximum Gasteiger partial charge on any atom is 0.354 e. The third-order valence-electron chi connectivity index (χ3n) is 2.01. The lowest BCUT2D eigenvalue weighted by atomic mass is 10.0. The van der Waals surface area contributed by atoms with Crippen LogP contribution in [0, 0.1) is 20.2 Å². The first kappa shape index (κ1) is 12.3. The highest BCUT2D eigenvalue weighted by Gasteiger charge is 2.30. The summed E-state index contributed by atoms with van der Waals surface area (Å²) >= 11 is 0. The van der Waals surface area contributed by atoms with Gasteiger partial charge in [0, 0.05) is 6.07 Å². The summed E-state index contributed by atoms with van der Waals surface area (Å²) in [6.45, 7) is 3.23. The molecule has 0 saturated carbocycles. The molecule has 0 aliphatic rings. The third kappa shape index (κ3) is 2.09. The van der Waals surface area contributed by atoms with Crippen LogP contribution in [0.1, 0.15) is 15.9 Å². The second kappa shape index (κ2) is 4.39. The molecule has 17 heavy (non-hydrogen) atoms. The van der Waals surface area contributed by atoms with E-state index in [1.807, 2.05) is 0 Å². The van der Waals surface area contributed by atoms with E-state index in [1.54, 1.807) is 0 Å². The summed E-state index contributed by atoms with van der Waals surface area (Å²) < 4.78 is 0. The predicted octanol–water partition coefficient (Wildman–Crippen LogP) is 1.84. The molecule has 1 rings (SSSR count).